The molecule has 8 heteroatoms. The summed E-state index contributed by atoms with van der Waals surface area (Å²) in [7, 11) is 3.73. The minimum absolute atomic E-state index is 0.202. The van der Waals surface area contributed by atoms with E-state index in [-0.39, 0.29) is 12.1 Å². The maximum atomic E-state index is 12.5. The standard InChI is InChI=1S/C21H38N6O2/c1-14(13-18-15(2)25-26(8)16(18)3)24-19(22-7)23-11-12-27(17-9-10-17)20(28)29-21(4,5)6/h14,17H,9-13H2,1-8H3,(H2,22,23,24). The van der Waals surface area contributed by atoms with Crippen molar-refractivity contribution in [3.8, 4) is 0 Å². The molecule has 0 saturated heterocycles. The molecule has 0 aliphatic heterocycles. The van der Waals surface area contributed by atoms with Gasteiger partial charge in [-0.25, -0.2) is 4.79 Å². The van der Waals surface area contributed by atoms with Crippen LogP contribution in [-0.2, 0) is 18.2 Å². The molecule has 2 rings (SSSR count). The minimum atomic E-state index is -0.479. The predicted molar refractivity (Wildman–Crippen MR) is 116 cm³/mol. The molecule has 2 N–H and O–H groups in total. The lowest BCUT2D eigenvalue weighted by Gasteiger charge is -2.28. The molecule has 0 spiro atoms. The van der Waals surface area contributed by atoms with Crippen LogP contribution in [0.25, 0.3) is 0 Å². The summed E-state index contributed by atoms with van der Waals surface area (Å²) in [5.74, 6) is 0.733. The van der Waals surface area contributed by atoms with Crippen molar-refractivity contribution >= 4 is 12.1 Å². The van der Waals surface area contributed by atoms with Gasteiger partial charge in [-0.3, -0.25) is 9.67 Å². The highest BCUT2D eigenvalue weighted by Crippen LogP contribution is 2.28. The fourth-order valence-corrected chi connectivity index (χ4v) is 3.32. The van der Waals surface area contributed by atoms with Crippen molar-refractivity contribution in [1.29, 1.82) is 0 Å². The van der Waals surface area contributed by atoms with Crippen molar-refractivity contribution in [3.63, 3.8) is 0 Å². The number of guanidine groups is 1. The number of aromatic nitrogens is 2. The molecule has 1 amide bonds. The SMILES string of the molecule is CN=C(NCCN(C(=O)OC(C)(C)C)C1CC1)NC(C)Cc1c(C)nn(C)c1C. The zero-order valence-corrected chi connectivity index (χ0v) is 19.3. The van der Waals surface area contributed by atoms with Crippen LogP contribution in [0, 0.1) is 13.8 Å². The Morgan fingerprint density at radius 1 is 1.38 bits per heavy atom. The molecular formula is C21H38N6O2. The van der Waals surface area contributed by atoms with Gasteiger partial charge in [0, 0.05) is 45.0 Å². The average Bonchev–Trinajstić information content (AvgIpc) is 3.41. The Morgan fingerprint density at radius 2 is 2.03 bits per heavy atom. The van der Waals surface area contributed by atoms with E-state index in [0.717, 1.165) is 30.9 Å². The zero-order chi connectivity index (χ0) is 21.8. The van der Waals surface area contributed by atoms with E-state index in [4.69, 9.17) is 4.74 Å². The van der Waals surface area contributed by atoms with Gasteiger partial charge in [-0.2, -0.15) is 5.10 Å². The first-order valence-corrected chi connectivity index (χ1v) is 10.5. The predicted octanol–water partition coefficient (Wildman–Crippen LogP) is 2.53. The quantitative estimate of drug-likeness (QED) is 0.537. The van der Waals surface area contributed by atoms with E-state index in [1.807, 2.05) is 44.3 Å². The average molecular weight is 407 g/mol. The van der Waals surface area contributed by atoms with Gasteiger partial charge < -0.3 is 20.3 Å². The lowest BCUT2D eigenvalue weighted by molar-refractivity contribution is 0.0238. The summed E-state index contributed by atoms with van der Waals surface area (Å²) < 4.78 is 7.47. The van der Waals surface area contributed by atoms with Crippen LogP contribution in [0.4, 0.5) is 4.79 Å². The fourth-order valence-electron chi connectivity index (χ4n) is 3.32. The number of ether oxygens (including phenoxy) is 1. The Bertz CT molecular complexity index is 730. The van der Waals surface area contributed by atoms with Gasteiger partial charge in [0.25, 0.3) is 0 Å². The topological polar surface area (TPSA) is 83.8 Å². The van der Waals surface area contributed by atoms with Gasteiger partial charge in [-0.1, -0.05) is 0 Å². The second-order valence-corrected chi connectivity index (χ2v) is 8.93. The number of hydrogen-bond acceptors (Lipinski definition) is 4. The van der Waals surface area contributed by atoms with Crippen molar-refractivity contribution in [2.45, 2.75) is 78.5 Å². The number of hydrogen-bond donors (Lipinski definition) is 2. The van der Waals surface area contributed by atoms with Crippen molar-refractivity contribution in [1.82, 2.24) is 25.3 Å². The normalized spacial score (nSPS) is 15.8. The fraction of sp³-hybridized carbons (Fsp3) is 0.762. The van der Waals surface area contributed by atoms with Crippen LogP contribution in [0.2, 0.25) is 0 Å². The number of amides is 1. The van der Waals surface area contributed by atoms with E-state index in [9.17, 15) is 4.79 Å². The van der Waals surface area contributed by atoms with Gasteiger partial charge in [-0.15, -0.1) is 0 Å². The highest BCUT2D eigenvalue weighted by atomic mass is 16.6. The third-order valence-electron chi connectivity index (χ3n) is 5.04. The highest BCUT2D eigenvalue weighted by molar-refractivity contribution is 5.80. The smallest absolute Gasteiger partial charge is 0.410 e. The molecule has 1 atom stereocenters. The number of nitrogens with zero attached hydrogens (tertiary/aromatic N) is 4. The molecule has 0 radical (unpaired) electrons. The Kier molecular flexibility index (Phi) is 7.54. The van der Waals surface area contributed by atoms with E-state index >= 15 is 0 Å². The molecule has 0 aromatic carbocycles. The van der Waals surface area contributed by atoms with E-state index in [0.29, 0.717) is 19.1 Å². The lowest BCUT2D eigenvalue weighted by Crippen LogP contribution is -2.47. The van der Waals surface area contributed by atoms with Gasteiger partial charge in [0.15, 0.2) is 5.96 Å². The van der Waals surface area contributed by atoms with E-state index in [2.05, 4.69) is 34.6 Å². The molecule has 1 heterocycles. The molecule has 1 saturated carbocycles. The summed E-state index contributed by atoms with van der Waals surface area (Å²) in [4.78, 5) is 18.6. The van der Waals surface area contributed by atoms with Crippen molar-refractivity contribution in [3.05, 3.63) is 17.0 Å². The van der Waals surface area contributed by atoms with Crippen LogP contribution in [0.1, 0.15) is 57.5 Å². The van der Waals surface area contributed by atoms with Crippen LogP contribution in [-0.4, -0.2) is 64.6 Å². The largest absolute Gasteiger partial charge is 0.444 e. The summed E-state index contributed by atoms with van der Waals surface area (Å²) >= 11 is 0. The van der Waals surface area contributed by atoms with Crippen LogP contribution < -0.4 is 10.6 Å². The first-order chi connectivity index (χ1) is 13.5. The number of carbonyl (C=O) groups is 1. The van der Waals surface area contributed by atoms with Crippen molar-refractivity contribution in [2.24, 2.45) is 12.0 Å². The maximum Gasteiger partial charge on any atom is 0.410 e. The third-order valence-corrected chi connectivity index (χ3v) is 5.04. The summed E-state index contributed by atoms with van der Waals surface area (Å²) in [5.41, 5.74) is 3.05. The Morgan fingerprint density at radius 3 is 2.52 bits per heavy atom. The molecule has 0 bridgehead atoms. The minimum Gasteiger partial charge on any atom is -0.444 e. The Labute approximate surface area is 175 Å². The summed E-state index contributed by atoms with van der Waals surface area (Å²) in [6, 6.07) is 0.505. The van der Waals surface area contributed by atoms with Crippen LogP contribution in [0.15, 0.2) is 4.99 Å². The number of aliphatic imine (C=N–C) groups is 1. The number of rotatable bonds is 7. The molecule has 1 aromatic heterocycles. The van der Waals surface area contributed by atoms with Crippen molar-refractivity contribution < 1.29 is 9.53 Å². The molecule has 1 aliphatic rings. The number of carbonyl (C=O) groups excluding carboxylic acids is 1. The first-order valence-electron chi connectivity index (χ1n) is 10.5. The van der Waals surface area contributed by atoms with Gasteiger partial charge in [0.2, 0.25) is 0 Å². The second kappa shape index (κ2) is 9.50. The zero-order valence-electron chi connectivity index (χ0n) is 19.3. The molecule has 29 heavy (non-hydrogen) atoms. The van der Waals surface area contributed by atoms with E-state index < -0.39 is 5.60 Å². The van der Waals surface area contributed by atoms with Gasteiger partial charge >= 0.3 is 6.09 Å². The molecule has 1 unspecified atom stereocenters. The first kappa shape index (κ1) is 23.0. The van der Waals surface area contributed by atoms with Crippen LogP contribution >= 0.6 is 0 Å². The summed E-state index contributed by atoms with van der Waals surface area (Å²) in [5, 5.41) is 11.2. The van der Waals surface area contributed by atoms with Gasteiger partial charge in [0.1, 0.15) is 5.60 Å². The molecule has 1 fully saturated rings. The molecule has 8 nitrogen and oxygen atoms in total. The third kappa shape index (κ3) is 6.94. The second-order valence-electron chi connectivity index (χ2n) is 8.93. The summed E-state index contributed by atoms with van der Waals surface area (Å²) in [6.07, 6.45) is 2.74. The molecular weight excluding hydrogens is 368 g/mol. The number of nitrogens with one attached hydrogen (secondary N) is 2. The molecule has 164 valence electrons. The lowest BCUT2D eigenvalue weighted by atomic mass is 10.1. The van der Waals surface area contributed by atoms with Crippen molar-refractivity contribution in [2.75, 3.05) is 20.1 Å². The molecule has 1 aromatic rings. The van der Waals surface area contributed by atoms with Crippen LogP contribution in [0.5, 0.6) is 0 Å². The number of aryl methyl sites for hydroxylation is 2. The van der Waals surface area contributed by atoms with E-state index in [1.54, 1.807) is 7.05 Å². The molecule has 1 aliphatic carbocycles. The highest BCUT2D eigenvalue weighted by Gasteiger charge is 2.34. The maximum absolute atomic E-state index is 12.5. The monoisotopic (exact) mass is 406 g/mol. The Hall–Kier alpha value is -2.25. The Balaban J connectivity index is 1.84. The van der Waals surface area contributed by atoms with Gasteiger partial charge in [-0.05, 0) is 66.4 Å². The van der Waals surface area contributed by atoms with Crippen LogP contribution in [0.3, 0.4) is 0 Å². The van der Waals surface area contributed by atoms with E-state index in [1.165, 1.54) is 11.3 Å². The summed E-state index contributed by atoms with van der Waals surface area (Å²) in [6.45, 7) is 13.2. The van der Waals surface area contributed by atoms with Gasteiger partial charge in [0.05, 0.1) is 5.69 Å².